The number of carbonyl (C=O) groups excluding carboxylic acids is 2. The third kappa shape index (κ3) is 9.62. The van der Waals surface area contributed by atoms with E-state index in [1.807, 2.05) is 12.1 Å². The van der Waals surface area contributed by atoms with Crippen molar-refractivity contribution in [2.75, 3.05) is 88.5 Å². The first-order valence-corrected chi connectivity index (χ1v) is 18.6. The van der Waals surface area contributed by atoms with Crippen molar-refractivity contribution in [3.05, 3.63) is 123 Å². The molecule has 0 amide bonds. The van der Waals surface area contributed by atoms with Gasteiger partial charge in [-0.2, -0.15) is 0 Å². The van der Waals surface area contributed by atoms with Gasteiger partial charge >= 0.3 is 11.9 Å². The molecule has 53 heavy (non-hydrogen) atoms. The Bertz CT molecular complexity index is 1680. The van der Waals surface area contributed by atoms with Crippen LogP contribution in [0.1, 0.15) is 38.2 Å². The van der Waals surface area contributed by atoms with Crippen molar-refractivity contribution in [2.45, 2.75) is 32.6 Å². The molecule has 3 heterocycles. The van der Waals surface area contributed by atoms with E-state index in [0.29, 0.717) is 29.8 Å². The molecule has 1 N–H and O–H groups in total. The van der Waals surface area contributed by atoms with Crippen LogP contribution in [0.3, 0.4) is 0 Å². The molecule has 3 aromatic rings. The van der Waals surface area contributed by atoms with Crippen molar-refractivity contribution in [2.24, 2.45) is 0 Å². The van der Waals surface area contributed by atoms with E-state index in [4.69, 9.17) is 9.47 Å². The number of benzene rings is 3. The van der Waals surface area contributed by atoms with Gasteiger partial charge in [-0.1, -0.05) is 48.5 Å². The summed E-state index contributed by atoms with van der Waals surface area (Å²) >= 11 is 0. The number of nitrogens with one attached hydrogen (secondary N) is 1. The number of hydrogen-bond acceptors (Lipinski definition) is 11. The molecule has 0 bridgehead atoms. The molecule has 0 aliphatic carbocycles. The fraction of sp³-hybridized carbons (Fsp3) is 0.415. The highest BCUT2D eigenvalue weighted by Gasteiger charge is 2.38. The average molecular weight is 723 g/mol. The van der Waals surface area contributed by atoms with Crippen LogP contribution < -0.4 is 15.1 Å². The summed E-state index contributed by atoms with van der Waals surface area (Å²) in [6.45, 7) is 12.9. The number of rotatable bonds is 14. The van der Waals surface area contributed by atoms with Crippen LogP contribution >= 0.6 is 0 Å². The Morgan fingerprint density at radius 1 is 0.679 bits per heavy atom. The lowest BCUT2D eigenvalue weighted by molar-refractivity contribution is -0.384. The van der Waals surface area contributed by atoms with Gasteiger partial charge in [0, 0.05) is 100 Å². The van der Waals surface area contributed by atoms with Gasteiger partial charge < -0.3 is 24.6 Å². The van der Waals surface area contributed by atoms with E-state index in [2.05, 4.69) is 73.4 Å². The number of hydrogen-bond donors (Lipinski definition) is 1. The summed E-state index contributed by atoms with van der Waals surface area (Å²) in [7, 11) is 0. The van der Waals surface area contributed by atoms with Crippen LogP contribution in [-0.2, 0) is 19.1 Å². The molecule has 2 saturated heterocycles. The third-order valence-corrected chi connectivity index (χ3v) is 10.3. The molecule has 3 aromatic carbocycles. The molecule has 12 nitrogen and oxygen atoms in total. The van der Waals surface area contributed by atoms with Gasteiger partial charge in [0.1, 0.15) is 0 Å². The number of nitrogens with zero attached hydrogens (tertiary/aromatic N) is 5. The second-order valence-corrected chi connectivity index (χ2v) is 13.8. The van der Waals surface area contributed by atoms with Crippen molar-refractivity contribution >= 4 is 29.0 Å². The largest absolute Gasteiger partial charge is 0.462 e. The molecule has 0 unspecified atom stereocenters. The molecule has 0 spiro atoms. The Hall–Kier alpha value is -5.20. The second-order valence-electron chi connectivity index (χ2n) is 13.8. The maximum absolute atomic E-state index is 13.8. The predicted molar refractivity (Wildman–Crippen MR) is 206 cm³/mol. The number of nitro groups is 1. The van der Waals surface area contributed by atoms with Crippen molar-refractivity contribution in [1.29, 1.82) is 0 Å². The van der Waals surface area contributed by atoms with Crippen LogP contribution in [0, 0.1) is 10.1 Å². The molecule has 3 aliphatic rings. The smallest absolute Gasteiger partial charge is 0.336 e. The molecule has 12 heteroatoms. The zero-order valence-electron chi connectivity index (χ0n) is 30.7. The third-order valence-electron chi connectivity index (χ3n) is 10.3. The summed E-state index contributed by atoms with van der Waals surface area (Å²) in [6, 6.07) is 26.9. The second kappa shape index (κ2) is 18.0. The molecule has 280 valence electrons. The minimum atomic E-state index is -0.895. The topological polar surface area (TPSA) is 121 Å². The van der Waals surface area contributed by atoms with E-state index < -0.39 is 22.8 Å². The first-order valence-electron chi connectivity index (χ1n) is 18.6. The van der Waals surface area contributed by atoms with Crippen LogP contribution in [0.2, 0.25) is 0 Å². The Labute approximate surface area is 311 Å². The summed E-state index contributed by atoms with van der Waals surface area (Å²) < 4.78 is 11.7. The zero-order valence-corrected chi connectivity index (χ0v) is 30.7. The molecular formula is C41H50N6O6. The van der Waals surface area contributed by atoms with Crippen molar-refractivity contribution < 1.29 is 24.0 Å². The van der Waals surface area contributed by atoms with Crippen LogP contribution in [0.5, 0.6) is 0 Å². The van der Waals surface area contributed by atoms with E-state index in [-0.39, 0.29) is 30.0 Å². The number of non-ortho nitro benzene ring substituents is 1. The molecule has 3 aliphatic heterocycles. The van der Waals surface area contributed by atoms with E-state index in [0.717, 1.165) is 65.4 Å². The summed E-state index contributed by atoms with van der Waals surface area (Å²) in [5.74, 6) is -2.02. The number of para-hydroxylation sites is 2. The maximum Gasteiger partial charge on any atom is 0.336 e. The van der Waals surface area contributed by atoms with Gasteiger partial charge in [0.15, 0.2) is 0 Å². The number of ether oxygens (including phenoxy) is 2. The zero-order chi connectivity index (χ0) is 37.2. The Kier molecular flexibility index (Phi) is 12.8. The van der Waals surface area contributed by atoms with Gasteiger partial charge in [-0.3, -0.25) is 19.9 Å². The Morgan fingerprint density at radius 2 is 1.13 bits per heavy atom. The molecule has 2 fully saturated rings. The van der Waals surface area contributed by atoms with Gasteiger partial charge in [0.25, 0.3) is 5.69 Å². The van der Waals surface area contributed by atoms with Crippen LogP contribution in [-0.4, -0.2) is 105 Å². The maximum atomic E-state index is 13.8. The lowest BCUT2D eigenvalue weighted by Gasteiger charge is -2.36. The van der Waals surface area contributed by atoms with Gasteiger partial charge in [0.05, 0.1) is 35.2 Å². The fourth-order valence-electron chi connectivity index (χ4n) is 7.48. The number of dihydropyridines is 1. The normalized spacial score (nSPS) is 17.5. The number of esters is 2. The van der Waals surface area contributed by atoms with Gasteiger partial charge in [-0.05, 0) is 56.5 Å². The number of anilines is 2. The highest BCUT2D eigenvalue weighted by Crippen LogP contribution is 2.40. The summed E-state index contributed by atoms with van der Waals surface area (Å²) in [6.07, 6.45) is 1.31. The molecule has 0 saturated carbocycles. The quantitative estimate of drug-likeness (QED) is 0.101. The fourth-order valence-corrected chi connectivity index (χ4v) is 7.48. The van der Waals surface area contributed by atoms with Crippen LogP contribution in [0.15, 0.2) is 107 Å². The van der Waals surface area contributed by atoms with Crippen molar-refractivity contribution in [1.82, 2.24) is 15.1 Å². The first kappa shape index (κ1) is 37.6. The molecule has 0 aromatic heterocycles. The number of nitro benzene ring substituents is 1. The molecule has 0 atom stereocenters. The SMILES string of the molecule is CC1=C(C(=O)OCCCN2CCN(c3ccccc3)CC2)C(c2cccc([N+](=O)[O-])c2)C(C(=O)OCCCN2CCN(c3ccccc3)CC2)=C(C)N1. The Balaban J connectivity index is 1.05. The van der Waals surface area contributed by atoms with Gasteiger partial charge in [-0.15, -0.1) is 0 Å². The lowest BCUT2D eigenvalue weighted by Crippen LogP contribution is -2.46. The summed E-state index contributed by atoms with van der Waals surface area (Å²) in [4.78, 5) is 48.4. The lowest BCUT2D eigenvalue weighted by atomic mass is 9.80. The van der Waals surface area contributed by atoms with Crippen LogP contribution in [0.25, 0.3) is 0 Å². The monoisotopic (exact) mass is 722 g/mol. The number of allylic oxidation sites excluding steroid dienone is 2. The summed E-state index contributed by atoms with van der Waals surface area (Å²) in [5, 5.41) is 15.0. The van der Waals surface area contributed by atoms with Gasteiger partial charge in [-0.25, -0.2) is 9.59 Å². The number of carbonyl (C=O) groups is 2. The predicted octanol–water partition coefficient (Wildman–Crippen LogP) is 5.34. The molecule has 6 rings (SSSR count). The minimum Gasteiger partial charge on any atom is -0.462 e. The van der Waals surface area contributed by atoms with E-state index >= 15 is 0 Å². The van der Waals surface area contributed by atoms with Crippen molar-refractivity contribution in [3.8, 4) is 0 Å². The van der Waals surface area contributed by atoms with Crippen molar-refractivity contribution in [3.63, 3.8) is 0 Å². The standard InChI is InChI=1S/C41H50N6O6/c1-31-37(40(48)52-28-10-18-43-20-24-45(25-21-43)34-13-5-3-6-14-34)39(33-12-9-17-36(30-33)47(50)51)38(32(2)42-31)41(49)53-29-11-19-44-22-26-46(27-23-44)35-15-7-4-8-16-35/h3-9,12-17,30,39,42H,10-11,18-29H2,1-2H3. The molecular weight excluding hydrogens is 672 g/mol. The number of piperazine rings is 2. The van der Waals surface area contributed by atoms with E-state index in [1.165, 1.54) is 23.5 Å². The Morgan fingerprint density at radius 3 is 1.57 bits per heavy atom. The average Bonchev–Trinajstić information content (AvgIpc) is 3.19. The van der Waals surface area contributed by atoms with E-state index in [9.17, 15) is 19.7 Å². The van der Waals surface area contributed by atoms with E-state index in [1.54, 1.807) is 26.0 Å². The summed E-state index contributed by atoms with van der Waals surface area (Å²) in [5.41, 5.74) is 4.34. The minimum absolute atomic E-state index is 0.128. The van der Waals surface area contributed by atoms with Gasteiger partial charge in [0.2, 0.25) is 0 Å². The molecule has 0 radical (unpaired) electrons. The van der Waals surface area contributed by atoms with Crippen LogP contribution in [0.4, 0.5) is 17.1 Å². The highest BCUT2D eigenvalue weighted by atomic mass is 16.6. The highest BCUT2D eigenvalue weighted by molar-refractivity contribution is 6.00. The first-order chi connectivity index (χ1) is 25.8.